The van der Waals surface area contributed by atoms with E-state index in [1.165, 1.54) is 0 Å². The van der Waals surface area contributed by atoms with E-state index in [9.17, 15) is 9.59 Å². The van der Waals surface area contributed by atoms with E-state index in [2.05, 4.69) is 5.32 Å². The van der Waals surface area contributed by atoms with Gasteiger partial charge in [0.1, 0.15) is 5.75 Å². The van der Waals surface area contributed by atoms with Gasteiger partial charge in [-0.2, -0.15) is 11.8 Å². The van der Waals surface area contributed by atoms with E-state index in [-0.39, 0.29) is 11.8 Å². The standard InChI is InChI=1S/C15H20N2O3S/c1-20-13-10-11(16-14(18)7-9-21-2)5-6-12(13)17-8-3-4-15(17)19/h5-6,10H,3-4,7-9H2,1-2H3,(H,16,18). The Morgan fingerprint density at radius 2 is 2.29 bits per heavy atom. The van der Waals surface area contributed by atoms with Crippen LogP contribution >= 0.6 is 11.8 Å². The van der Waals surface area contributed by atoms with Crippen molar-refractivity contribution >= 4 is 35.0 Å². The molecule has 1 aromatic rings. The van der Waals surface area contributed by atoms with Crippen molar-refractivity contribution < 1.29 is 14.3 Å². The number of amides is 2. The number of ether oxygens (including phenoxy) is 1. The highest BCUT2D eigenvalue weighted by Gasteiger charge is 2.24. The lowest BCUT2D eigenvalue weighted by Gasteiger charge is -2.19. The van der Waals surface area contributed by atoms with Crippen LogP contribution in [0.4, 0.5) is 11.4 Å². The van der Waals surface area contributed by atoms with Gasteiger partial charge in [-0.05, 0) is 24.8 Å². The number of hydrogen-bond donors (Lipinski definition) is 1. The molecular weight excluding hydrogens is 288 g/mol. The van der Waals surface area contributed by atoms with Gasteiger partial charge in [0.2, 0.25) is 11.8 Å². The second-order valence-electron chi connectivity index (χ2n) is 4.83. The molecule has 2 amide bonds. The largest absolute Gasteiger partial charge is 0.494 e. The Kier molecular flexibility index (Phi) is 5.50. The first-order chi connectivity index (χ1) is 10.2. The van der Waals surface area contributed by atoms with E-state index in [1.54, 1.807) is 35.9 Å². The summed E-state index contributed by atoms with van der Waals surface area (Å²) in [5.74, 6) is 1.50. The molecule has 1 aromatic carbocycles. The highest BCUT2D eigenvalue weighted by atomic mass is 32.2. The maximum absolute atomic E-state index is 11.8. The van der Waals surface area contributed by atoms with E-state index in [0.717, 1.165) is 17.9 Å². The van der Waals surface area contributed by atoms with Gasteiger partial charge in [0.15, 0.2) is 0 Å². The molecule has 1 heterocycles. The zero-order valence-electron chi connectivity index (χ0n) is 12.3. The van der Waals surface area contributed by atoms with Gasteiger partial charge in [0.25, 0.3) is 0 Å². The van der Waals surface area contributed by atoms with Crippen LogP contribution < -0.4 is 15.0 Å². The minimum absolute atomic E-state index is 0.0172. The zero-order valence-corrected chi connectivity index (χ0v) is 13.2. The molecule has 1 N–H and O–H groups in total. The number of anilines is 2. The van der Waals surface area contributed by atoms with Crippen molar-refractivity contribution in [2.75, 3.05) is 35.9 Å². The molecule has 0 aliphatic carbocycles. The molecule has 1 aliphatic rings. The number of thioether (sulfide) groups is 1. The van der Waals surface area contributed by atoms with Crippen LogP contribution in [0.5, 0.6) is 5.75 Å². The summed E-state index contributed by atoms with van der Waals surface area (Å²) in [6.07, 6.45) is 3.90. The van der Waals surface area contributed by atoms with Gasteiger partial charge >= 0.3 is 0 Å². The maximum Gasteiger partial charge on any atom is 0.227 e. The zero-order chi connectivity index (χ0) is 15.2. The number of hydrogen-bond acceptors (Lipinski definition) is 4. The highest BCUT2D eigenvalue weighted by Crippen LogP contribution is 2.33. The number of nitrogens with zero attached hydrogens (tertiary/aromatic N) is 1. The van der Waals surface area contributed by atoms with Gasteiger partial charge < -0.3 is 15.0 Å². The van der Waals surface area contributed by atoms with E-state index in [0.29, 0.717) is 30.8 Å². The summed E-state index contributed by atoms with van der Waals surface area (Å²) in [5.41, 5.74) is 1.45. The monoisotopic (exact) mass is 308 g/mol. The molecule has 6 heteroatoms. The normalized spacial score (nSPS) is 14.4. The van der Waals surface area contributed by atoms with Crippen LogP contribution in [0.3, 0.4) is 0 Å². The number of carbonyl (C=O) groups excluding carboxylic acids is 2. The number of rotatable bonds is 6. The van der Waals surface area contributed by atoms with Gasteiger partial charge in [-0.15, -0.1) is 0 Å². The number of nitrogens with one attached hydrogen (secondary N) is 1. The Hall–Kier alpha value is -1.69. The number of methoxy groups -OCH3 is 1. The van der Waals surface area contributed by atoms with Gasteiger partial charge in [0, 0.05) is 36.9 Å². The Morgan fingerprint density at radius 1 is 1.48 bits per heavy atom. The smallest absolute Gasteiger partial charge is 0.227 e. The second kappa shape index (κ2) is 7.36. The lowest BCUT2D eigenvalue weighted by atomic mass is 10.2. The third-order valence-corrected chi connectivity index (χ3v) is 3.97. The predicted octanol–water partition coefficient (Wildman–Crippen LogP) is 2.51. The highest BCUT2D eigenvalue weighted by molar-refractivity contribution is 7.98. The summed E-state index contributed by atoms with van der Waals surface area (Å²) >= 11 is 1.64. The Balaban J connectivity index is 2.12. The fourth-order valence-electron chi connectivity index (χ4n) is 2.30. The predicted molar refractivity (Wildman–Crippen MR) is 86.2 cm³/mol. The van der Waals surface area contributed by atoms with Gasteiger partial charge in [0.05, 0.1) is 12.8 Å². The Bertz CT molecular complexity index is 534. The minimum atomic E-state index is -0.0172. The number of benzene rings is 1. The molecule has 0 unspecified atom stereocenters. The van der Waals surface area contributed by atoms with Crippen LogP contribution in [-0.4, -0.2) is 37.5 Å². The molecule has 0 bridgehead atoms. The molecular formula is C15H20N2O3S. The van der Waals surface area contributed by atoms with Crippen molar-refractivity contribution in [3.05, 3.63) is 18.2 Å². The lowest BCUT2D eigenvalue weighted by Crippen LogP contribution is -2.24. The molecule has 0 radical (unpaired) electrons. The molecule has 0 spiro atoms. The average Bonchev–Trinajstić information content (AvgIpc) is 2.91. The van der Waals surface area contributed by atoms with Crippen LogP contribution in [0.2, 0.25) is 0 Å². The molecule has 1 fully saturated rings. The van der Waals surface area contributed by atoms with Crippen molar-refractivity contribution in [2.24, 2.45) is 0 Å². The fourth-order valence-corrected chi connectivity index (χ4v) is 2.69. The third kappa shape index (κ3) is 3.91. The summed E-state index contributed by atoms with van der Waals surface area (Å²) < 4.78 is 5.36. The Morgan fingerprint density at radius 3 is 2.90 bits per heavy atom. The van der Waals surface area contributed by atoms with Gasteiger partial charge in [-0.3, -0.25) is 9.59 Å². The molecule has 0 atom stereocenters. The SMILES string of the molecule is COc1cc(NC(=O)CCSC)ccc1N1CCCC1=O. The van der Waals surface area contributed by atoms with Gasteiger partial charge in [-0.1, -0.05) is 0 Å². The van der Waals surface area contributed by atoms with Crippen LogP contribution in [0.15, 0.2) is 18.2 Å². The van der Waals surface area contributed by atoms with Crippen molar-refractivity contribution in [3.63, 3.8) is 0 Å². The van der Waals surface area contributed by atoms with E-state index < -0.39 is 0 Å². The molecule has 21 heavy (non-hydrogen) atoms. The molecule has 2 rings (SSSR count). The van der Waals surface area contributed by atoms with Crippen LogP contribution in [0.25, 0.3) is 0 Å². The topological polar surface area (TPSA) is 58.6 Å². The molecule has 0 aromatic heterocycles. The first-order valence-electron chi connectivity index (χ1n) is 6.93. The molecule has 1 saturated heterocycles. The van der Waals surface area contributed by atoms with Crippen molar-refractivity contribution in [2.45, 2.75) is 19.3 Å². The quantitative estimate of drug-likeness (QED) is 0.877. The van der Waals surface area contributed by atoms with Gasteiger partial charge in [-0.25, -0.2) is 0 Å². The summed E-state index contributed by atoms with van der Waals surface area (Å²) in [7, 11) is 1.57. The lowest BCUT2D eigenvalue weighted by molar-refractivity contribution is -0.117. The fraction of sp³-hybridized carbons (Fsp3) is 0.467. The molecule has 114 valence electrons. The molecule has 0 saturated carbocycles. The first kappa shape index (κ1) is 15.7. The molecule has 5 nitrogen and oxygen atoms in total. The second-order valence-corrected chi connectivity index (χ2v) is 5.81. The maximum atomic E-state index is 11.8. The Labute approximate surface area is 129 Å². The third-order valence-electron chi connectivity index (χ3n) is 3.36. The van der Waals surface area contributed by atoms with Crippen LogP contribution in [0, 0.1) is 0 Å². The van der Waals surface area contributed by atoms with E-state index >= 15 is 0 Å². The van der Waals surface area contributed by atoms with Crippen molar-refractivity contribution in [3.8, 4) is 5.75 Å². The average molecular weight is 308 g/mol. The first-order valence-corrected chi connectivity index (χ1v) is 8.32. The van der Waals surface area contributed by atoms with Crippen molar-refractivity contribution in [1.82, 2.24) is 0 Å². The van der Waals surface area contributed by atoms with Crippen LogP contribution in [0.1, 0.15) is 19.3 Å². The summed E-state index contributed by atoms with van der Waals surface area (Å²) in [6, 6.07) is 5.39. The van der Waals surface area contributed by atoms with Crippen molar-refractivity contribution in [1.29, 1.82) is 0 Å². The number of carbonyl (C=O) groups is 2. The minimum Gasteiger partial charge on any atom is -0.494 e. The van der Waals surface area contributed by atoms with E-state index in [4.69, 9.17) is 4.74 Å². The summed E-state index contributed by atoms with van der Waals surface area (Å²) in [5, 5.41) is 2.84. The summed E-state index contributed by atoms with van der Waals surface area (Å²) in [4.78, 5) is 25.3. The van der Waals surface area contributed by atoms with Crippen LogP contribution in [-0.2, 0) is 9.59 Å². The summed E-state index contributed by atoms with van der Waals surface area (Å²) in [6.45, 7) is 0.717. The molecule has 1 aliphatic heterocycles. The van der Waals surface area contributed by atoms with E-state index in [1.807, 2.05) is 12.3 Å².